The minimum absolute atomic E-state index is 0.214. The molecule has 1 aliphatic heterocycles. The van der Waals surface area contributed by atoms with Gasteiger partial charge in [-0.2, -0.15) is 0 Å². The van der Waals surface area contributed by atoms with Gasteiger partial charge >= 0.3 is 0 Å². The zero-order valence-corrected chi connectivity index (χ0v) is 11.2. The molecule has 0 aliphatic carbocycles. The lowest BCUT2D eigenvalue weighted by Crippen LogP contribution is -2.69. The Balaban J connectivity index is 3.07. The third-order valence-electron chi connectivity index (χ3n) is 4.89. The summed E-state index contributed by atoms with van der Waals surface area (Å²) in [5.41, 5.74) is 1.13. The molecule has 0 saturated carbocycles. The van der Waals surface area contributed by atoms with Crippen molar-refractivity contribution in [1.82, 2.24) is 5.32 Å². The lowest BCUT2D eigenvalue weighted by molar-refractivity contribution is -0.0467. The Bertz CT molecular complexity index is 184. The summed E-state index contributed by atoms with van der Waals surface area (Å²) in [7, 11) is 0. The summed E-state index contributed by atoms with van der Waals surface area (Å²) < 4.78 is 0. The van der Waals surface area contributed by atoms with Crippen molar-refractivity contribution in [3.8, 4) is 0 Å². The highest BCUT2D eigenvalue weighted by Crippen LogP contribution is 2.51. The van der Waals surface area contributed by atoms with E-state index in [1.807, 2.05) is 0 Å². The van der Waals surface area contributed by atoms with Crippen LogP contribution in [-0.4, -0.2) is 11.1 Å². The van der Waals surface area contributed by atoms with Crippen LogP contribution in [0.5, 0.6) is 0 Å². The number of nitrogens with one attached hydrogen (secondary N) is 1. The Morgan fingerprint density at radius 3 is 1.14 bits per heavy atom. The highest BCUT2D eigenvalue weighted by Gasteiger charge is 2.53. The van der Waals surface area contributed by atoms with Crippen molar-refractivity contribution in [2.45, 2.75) is 72.9 Å². The third kappa shape index (κ3) is 1.60. The topological polar surface area (TPSA) is 12.0 Å². The molecule has 0 unspecified atom stereocenters. The predicted octanol–water partition coefficient (Wildman–Crippen LogP) is 3.59. The first kappa shape index (κ1) is 12.0. The standard InChI is InChI=1S/C13H27N/c1-10(2)9-11(3,4)13(7,8)14-12(10,5)6/h14H,9H2,1-8H3. The Morgan fingerprint density at radius 2 is 0.929 bits per heavy atom. The largest absolute Gasteiger partial charge is 0.306 e. The van der Waals surface area contributed by atoms with Crippen LogP contribution in [0.25, 0.3) is 0 Å². The number of rotatable bonds is 0. The molecule has 0 amide bonds. The van der Waals surface area contributed by atoms with Crippen molar-refractivity contribution in [3.05, 3.63) is 0 Å². The van der Waals surface area contributed by atoms with Gasteiger partial charge in [0.1, 0.15) is 0 Å². The second-order valence-electron chi connectivity index (χ2n) is 7.32. The monoisotopic (exact) mass is 197 g/mol. The first-order valence-corrected chi connectivity index (χ1v) is 5.71. The fraction of sp³-hybridized carbons (Fsp3) is 1.00. The summed E-state index contributed by atoms with van der Waals surface area (Å²) in [4.78, 5) is 0. The van der Waals surface area contributed by atoms with Gasteiger partial charge in [0.15, 0.2) is 0 Å². The van der Waals surface area contributed by atoms with Crippen molar-refractivity contribution in [1.29, 1.82) is 0 Å². The summed E-state index contributed by atoms with van der Waals surface area (Å²) in [6, 6.07) is 0. The normalized spacial score (nSPS) is 32.6. The zero-order valence-electron chi connectivity index (χ0n) is 11.2. The Hall–Kier alpha value is -0.0400. The van der Waals surface area contributed by atoms with Crippen LogP contribution in [0.15, 0.2) is 0 Å². The van der Waals surface area contributed by atoms with Crippen LogP contribution in [0, 0.1) is 10.8 Å². The van der Waals surface area contributed by atoms with Crippen LogP contribution in [0.1, 0.15) is 61.8 Å². The molecule has 0 aromatic rings. The molecule has 0 radical (unpaired) electrons. The van der Waals surface area contributed by atoms with Crippen LogP contribution in [0.2, 0.25) is 0 Å². The molecule has 1 heteroatoms. The molecule has 0 aromatic heterocycles. The molecule has 14 heavy (non-hydrogen) atoms. The Morgan fingerprint density at radius 1 is 0.643 bits per heavy atom. The summed E-state index contributed by atoms with van der Waals surface area (Å²) in [5, 5.41) is 3.81. The quantitative estimate of drug-likeness (QED) is 0.626. The van der Waals surface area contributed by atoms with E-state index >= 15 is 0 Å². The lowest BCUT2D eigenvalue weighted by atomic mass is 9.55. The maximum Gasteiger partial charge on any atom is 0.0181 e. The number of hydrogen-bond acceptors (Lipinski definition) is 1. The molecule has 1 fully saturated rings. The summed E-state index contributed by atoms with van der Waals surface area (Å²) in [5.74, 6) is 0. The maximum absolute atomic E-state index is 3.81. The first-order valence-electron chi connectivity index (χ1n) is 5.71. The molecule has 0 spiro atoms. The average molecular weight is 197 g/mol. The molecular formula is C13H27N. The van der Waals surface area contributed by atoms with Crippen LogP contribution >= 0.6 is 0 Å². The Kier molecular flexibility index (Phi) is 2.36. The molecular weight excluding hydrogens is 170 g/mol. The van der Waals surface area contributed by atoms with E-state index in [0.717, 1.165) is 0 Å². The van der Waals surface area contributed by atoms with Crippen molar-refractivity contribution < 1.29 is 0 Å². The highest BCUT2D eigenvalue weighted by molar-refractivity contribution is 5.10. The molecule has 1 aliphatic rings. The van der Waals surface area contributed by atoms with E-state index in [1.54, 1.807) is 0 Å². The second kappa shape index (κ2) is 2.75. The SMILES string of the molecule is CC1(C)CC(C)(C)C(C)(C)NC1(C)C. The van der Waals surface area contributed by atoms with E-state index in [1.165, 1.54) is 6.42 Å². The fourth-order valence-corrected chi connectivity index (χ4v) is 2.67. The van der Waals surface area contributed by atoms with Gasteiger partial charge in [-0.3, -0.25) is 0 Å². The zero-order chi connectivity index (χ0) is 11.4. The van der Waals surface area contributed by atoms with Crippen LogP contribution in [0.3, 0.4) is 0 Å². The van der Waals surface area contributed by atoms with Crippen LogP contribution in [-0.2, 0) is 0 Å². The molecule has 0 atom stereocenters. The van der Waals surface area contributed by atoms with Crippen molar-refractivity contribution in [2.24, 2.45) is 10.8 Å². The molecule has 1 heterocycles. The lowest BCUT2D eigenvalue weighted by Gasteiger charge is -2.61. The first-order chi connectivity index (χ1) is 5.91. The molecule has 1 nitrogen and oxygen atoms in total. The summed E-state index contributed by atoms with van der Waals surface area (Å²) >= 11 is 0. The molecule has 84 valence electrons. The van der Waals surface area contributed by atoms with Gasteiger partial charge in [-0.15, -0.1) is 0 Å². The average Bonchev–Trinajstić information content (AvgIpc) is 1.78. The minimum Gasteiger partial charge on any atom is -0.306 e. The Labute approximate surface area is 89.7 Å². The van der Waals surface area contributed by atoms with E-state index in [0.29, 0.717) is 10.8 Å². The van der Waals surface area contributed by atoms with Crippen molar-refractivity contribution >= 4 is 0 Å². The van der Waals surface area contributed by atoms with Crippen molar-refractivity contribution in [3.63, 3.8) is 0 Å². The van der Waals surface area contributed by atoms with Gasteiger partial charge < -0.3 is 5.32 Å². The smallest absolute Gasteiger partial charge is 0.0181 e. The van der Waals surface area contributed by atoms with E-state index < -0.39 is 0 Å². The molecule has 1 rings (SSSR count). The van der Waals surface area contributed by atoms with Gasteiger partial charge in [-0.25, -0.2) is 0 Å². The highest BCUT2D eigenvalue weighted by atomic mass is 15.1. The van der Waals surface area contributed by atoms with Gasteiger partial charge in [-0.1, -0.05) is 27.7 Å². The molecule has 0 aromatic carbocycles. The van der Waals surface area contributed by atoms with Gasteiger partial charge in [0.05, 0.1) is 0 Å². The third-order valence-corrected chi connectivity index (χ3v) is 4.89. The number of piperidine rings is 1. The van der Waals surface area contributed by atoms with Crippen LogP contribution in [0.4, 0.5) is 0 Å². The second-order valence-corrected chi connectivity index (χ2v) is 7.32. The van der Waals surface area contributed by atoms with Gasteiger partial charge in [0.25, 0.3) is 0 Å². The predicted molar refractivity (Wildman–Crippen MR) is 63.5 cm³/mol. The molecule has 1 N–H and O–H groups in total. The van der Waals surface area contributed by atoms with Gasteiger partial charge in [0, 0.05) is 11.1 Å². The van der Waals surface area contributed by atoms with E-state index in [-0.39, 0.29) is 11.1 Å². The molecule has 1 saturated heterocycles. The van der Waals surface area contributed by atoms with E-state index in [9.17, 15) is 0 Å². The minimum atomic E-state index is 0.214. The fourth-order valence-electron chi connectivity index (χ4n) is 2.67. The maximum atomic E-state index is 3.81. The van der Waals surface area contributed by atoms with E-state index in [4.69, 9.17) is 0 Å². The van der Waals surface area contributed by atoms with E-state index in [2.05, 4.69) is 60.7 Å². The van der Waals surface area contributed by atoms with Gasteiger partial charge in [0.2, 0.25) is 0 Å². The van der Waals surface area contributed by atoms with Crippen LogP contribution < -0.4 is 5.32 Å². The number of hydrogen-bond donors (Lipinski definition) is 1. The molecule has 0 bridgehead atoms. The van der Waals surface area contributed by atoms with Gasteiger partial charge in [-0.05, 0) is 44.9 Å². The summed E-state index contributed by atoms with van der Waals surface area (Å²) in [6.07, 6.45) is 1.27. The summed E-state index contributed by atoms with van der Waals surface area (Å²) in [6.45, 7) is 18.8. The van der Waals surface area contributed by atoms with Crippen molar-refractivity contribution in [2.75, 3.05) is 0 Å².